The van der Waals surface area contributed by atoms with Crippen LogP contribution < -0.4 is 5.32 Å². The summed E-state index contributed by atoms with van der Waals surface area (Å²) in [5.74, 6) is 0. The van der Waals surface area contributed by atoms with E-state index in [-0.39, 0.29) is 23.8 Å². The molecule has 5 nitrogen and oxygen atoms in total. The van der Waals surface area contributed by atoms with Crippen molar-refractivity contribution in [2.75, 3.05) is 20.2 Å². The number of β-amino-alcohol motifs (C(OH)–C–C–N with tert-alkyl or cyclic N) is 1. The Morgan fingerprint density at radius 1 is 1.61 bits per heavy atom. The fraction of sp³-hybridized carbons (Fsp3) is 0.923. The summed E-state index contributed by atoms with van der Waals surface area (Å²) in [5, 5.41) is 12.5. The molecule has 2 atom stereocenters. The lowest BCUT2D eigenvalue weighted by Crippen LogP contribution is -2.50. The molecule has 0 aliphatic carbocycles. The van der Waals surface area contributed by atoms with Gasteiger partial charge in [0.2, 0.25) is 0 Å². The highest BCUT2D eigenvalue weighted by Gasteiger charge is 2.25. The third-order valence-electron chi connectivity index (χ3n) is 3.40. The van der Waals surface area contributed by atoms with Crippen LogP contribution in [0, 0.1) is 0 Å². The molecule has 0 aromatic rings. The second kappa shape index (κ2) is 6.38. The average Bonchev–Trinajstić information content (AvgIpc) is 2.28. The van der Waals surface area contributed by atoms with Gasteiger partial charge in [-0.3, -0.25) is 0 Å². The van der Waals surface area contributed by atoms with E-state index in [1.54, 1.807) is 12.0 Å². The molecule has 0 aromatic carbocycles. The maximum absolute atomic E-state index is 12.0. The van der Waals surface area contributed by atoms with Gasteiger partial charge >= 0.3 is 6.03 Å². The fourth-order valence-electron chi connectivity index (χ4n) is 2.31. The Balaban J connectivity index is 2.39. The van der Waals surface area contributed by atoms with E-state index in [9.17, 15) is 9.90 Å². The second-order valence-corrected chi connectivity index (χ2v) is 5.76. The Morgan fingerprint density at radius 3 is 2.83 bits per heavy atom. The molecule has 2 amide bonds. The number of hydrogen-bond acceptors (Lipinski definition) is 3. The molecule has 0 unspecified atom stereocenters. The van der Waals surface area contributed by atoms with Crippen molar-refractivity contribution in [2.24, 2.45) is 0 Å². The number of urea groups is 1. The first-order chi connectivity index (χ1) is 8.34. The van der Waals surface area contributed by atoms with Crippen LogP contribution in [0.4, 0.5) is 4.79 Å². The lowest BCUT2D eigenvalue weighted by Gasteiger charge is -2.32. The number of amides is 2. The predicted octanol–water partition coefficient (Wildman–Crippen LogP) is 1.36. The molecule has 106 valence electrons. The zero-order valence-corrected chi connectivity index (χ0v) is 11.9. The number of methoxy groups -OCH3 is 1. The standard InChI is InChI=1S/C13H26N2O3/c1-10(8-13(2,3)18-4)14-12(17)15-7-5-6-11(16)9-15/h10-11,16H,5-9H2,1-4H3,(H,14,17)/t10-,11-/m0/s1. The van der Waals surface area contributed by atoms with E-state index < -0.39 is 0 Å². The van der Waals surface area contributed by atoms with Crippen LogP contribution in [0.25, 0.3) is 0 Å². The molecule has 1 heterocycles. The van der Waals surface area contributed by atoms with Gasteiger partial charge in [0.1, 0.15) is 0 Å². The van der Waals surface area contributed by atoms with Crippen molar-refractivity contribution in [1.82, 2.24) is 10.2 Å². The Morgan fingerprint density at radius 2 is 2.28 bits per heavy atom. The summed E-state index contributed by atoms with van der Waals surface area (Å²) < 4.78 is 5.35. The highest BCUT2D eigenvalue weighted by atomic mass is 16.5. The molecule has 0 aromatic heterocycles. The van der Waals surface area contributed by atoms with Crippen LogP contribution >= 0.6 is 0 Å². The van der Waals surface area contributed by atoms with E-state index in [2.05, 4.69) is 5.32 Å². The number of aliphatic hydroxyl groups excluding tert-OH is 1. The highest BCUT2D eigenvalue weighted by molar-refractivity contribution is 5.74. The molecule has 5 heteroatoms. The first kappa shape index (κ1) is 15.2. The van der Waals surface area contributed by atoms with Gasteiger partial charge in [0.15, 0.2) is 0 Å². The van der Waals surface area contributed by atoms with Crippen LogP contribution in [-0.2, 0) is 4.74 Å². The normalized spacial score (nSPS) is 22.7. The summed E-state index contributed by atoms with van der Waals surface area (Å²) >= 11 is 0. The summed E-state index contributed by atoms with van der Waals surface area (Å²) in [6, 6.07) is -0.0420. The zero-order chi connectivity index (χ0) is 13.8. The van der Waals surface area contributed by atoms with Gasteiger partial charge < -0.3 is 20.1 Å². The van der Waals surface area contributed by atoms with Crippen LogP contribution in [0.1, 0.15) is 40.0 Å². The van der Waals surface area contributed by atoms with Gasteiger partial charge in [0.25, 0.3) is 0 Å². The molecule has 1 saturated heterocycles. The number of rotatable bonds is 4. The number of piperidine rings is 1. The van der Waals surface area contributed by atoms with Crippen LogP contribution in [0.2, 0.25) is 0 Å². The molecule has 18 heavy (non-hydrogen) atoms. The Labute approximate surface area is 109 Å². The van der Waals surface area contributed by atoms with Gasteiger partial charge in [-0.2, -0.15) is 0 Å². The van der Waals surface area contributed by atoms with E-state index in [1.807, 2.05) is 20.8 Å². The van der Waals surface area contributed by atoms with Crippen LogP contribution in [0.15, 0.2) is 0 Å². The van der Waals surface area contributed by atoms with Gasteiger partial charge in [-0.15, -0.1) is 0 Å². The number of nitrogens with zero attached hydrogens (tertiary/aromatic N) is 1. The third-order valence-corrected chi connectivity index (χ3v) is 3.40. The number of aliphatic hydroxyl groups is 1. The Bertz CT molecular complexity index is 281. The molecule has 1 aliphatic rings. The molecule has 2 N–H and O–H groups in total. The van der Waals surface area contributed by atoms with Gasteiger partial charge in [0.05, 0.1) is 11.7 Å². The van der Waals surface area contributed by atoms with Crippen molar-refractivity contribution in [1.29, 1.82) is 0 Å². The number of hydrogen-bond donors (Lipinski definition) is 2. The van der Waals surface area contributed by atoms with E-state index in [1.165, 1.54) is 0 Å². The van der Waals surface area contributed by atoms with Crippen molar-refractivity contribution >= 4 is 6.03 Å². The fourth-order valence-corrected chi connectivity index (χ4v) is 2.31. The second-order valence-electron chi connectivity index (χ2n) is 5.76. The lowest BCUT2D eigenvalue weighted by atomic mass is 10.00. The topological polar surface area (TPSA) is 61.8 Å². The zero-order valence-electron chi connectivity index (χ0n) is 11.9. The van der Waals surface area contributed by atoms with Crippen LogP contribution in [0.3, 0.4) is 0 Å². The Hall–Kier alpha value is -0.810. The first-order valence-electron chi connectivity index (χ1n) is 6.63. The number of carbonyl (C=O) groups excluding carboxylic acids is 1. The molecule has 1 fully saturated rings. The SMILES string of the molecule is COC(C)(C)C[C@H](C)NC(=O)N1CCC[C@H](O)C1. The van der Waals surface area contributed by atoms with Crippen molar-refractivity contribution in [3.8, 4) is 0 Å². The van der Waals surface area contributed by atoms with Crippen LogP contribution in [-0.4, -0.2) is 54.0 Å². The van der Waals surface area contributed by atoms with Gasteiger partial charge in [-0.05, 0) is 40.0 Å². The van der Waals surface area contributed by atoms with Gasteiger partial charge in [-0.1, -0.05) is 0 Å². The van der Waals surface area contributed by atoms with Crippen LogP contribution in [0.5, 0.6) is 0 Å². The van der Waals surface area contributed by atoms with Crippen molar-refractivity contribution in [3.63, 3.8) is 0 Å². The summed E-state index contributed by atoms with van der Waals surface area (Å²) in [5.41, 5.74) is -0.242. The van der Waals surface area contributed by atoms with Crippen molar-refractivity contribution in [2.45, 2.75) is 57.8 Å². The number of carbonyl (C=O) groups is 1. The minimum absolute atomic E-state index is 0.0477. The summed E-state index contributed by atoms with van der Waals surface area (Å²) in [7, 11) is 1.68. The third kappa shape index (κ3) is 4.82. The van der Waals surface area contributed by atoms with E-state index in [0.29, 0.717) is 6.54 Å². The Kier molecular flexibility index (Phi) is 5.41. The van der Waals surface area contributed by atoms with E-state index in [4.69, 9.17) is 4.74 Å². The average molecular weight is 258 g/mol. The van der Waals surface area contributed by atoms with Crippen molar-refractivity contribution in [3.05, 3.63) is 0 Å². The monoisotopic (exact) mass is 258 g/mol. The quantitative estimate of drug-likeness (QED) is 0.800. The number of likely N-dealkylation sites (tertiary alicyclic amines) is 1. The molecule has 0 bridgehead atoms. The first-order valence-corrected chi connectivity index (χ1v) is 6.63. The van der Waals surface area contributed by atoms with Crippen molar-refractivity contribution < 1.29 is 14.6 Å². The van der Waals surface area contributed by atoms with E-state index in [0.717, 1.165) is 25.8 Å². The summed E-state index contributed by atoms with van der Waals surface area (Å²) in [6.07, 6.45) is 2.03. The lowest BCUT2D eigenvalue weighted by molar-refractivity contribution is 0.00869. The molecule has 1 rings (SSSR count). The molecule has 0 saturated carbocycles. The smallest absolute Gasteiger partial charge is 0.317 e. The minimum Gasteiger partial charge on any atom is -0.391 e. The minimum atomic E-state index is -0.379. The highest BCUT2D eigenvalue weighted by Crippen LogP contribution is 2.16. The maximum atomic E-state index is 12.0. The van der Waals surface area contributed by atoms with Gasteiger partial charge in [0, 0.05) is 26.2 Å². The largest absolute Gasteiger partial charge is 0.391 e. The number of nitrogens with one attached hydrogen (secondary N) is 1. The summed E-state index contributed by atoms with van der Waals surface area (Å²) in [6.45, 7) is 7.13. The molecular formula is C13H26N2O3. The molecule has 0 spiro atoms. The molecule has 0 radical (unpaired) electrons. The van der Waals surface area contributed by atoms with Gasteiger partial charge in [-0.25, -0.2) is 4.79 Å². The maximum Gasteiger partial charge on any atom is 0.317 e. The summed E-state index contributed by atoms with van der Waals surface area (Å²) in [4.78, 5) is 13.7. The number of ether oxygens (including phenoxy) is 1. The molecule has 1 aliphatic heterocycles. The molecular weight excluding hydrogens is 232 g/mol. The predicted molar refractivity (Wildman–Crippen MR) is 70.5 cm³/mol. The van der Waals surface area contributed by atoms with E-state index >= 15 is 0 Å².